The standard InChI is InChI=1S/C21H24N2O4S.ClH/c24-20-16-23(28(25,26)21-9-5-4-8-18(20)21)19(17-6-2-1-3-7-17)10-11-22-12-14-27-15-13-22;/h1-9,19H,10-16H2;1H. The first-order valence-corrected chi connectivity index (χ1v) is 11.0. The first-order valence-electron chi connectivity index (χ1n) is 9.56. The predicted molar refractivity (Wildman–Crippen MR) is 113 cm³/mol. The molecule has 2 aliphatic heterocycles. The molecule has 0 spiro atoms. The number of fused-ring (bicyclic) bond motifs is 1. The van der Waals surface area contributed by atoms with E-state index in [4.69, 9.17) is 4.74 Å². The van der Waals surface area contributed by atoms with Crippen molar-refractivity contribution in [3.63, 3.8) is 0 Å². The second kappa shape index (κ2) is 9.36. The molecule has 2 heterocycles. The van der Waals surface area contributed by atoms with Crippen LogP contribution in [-0.4, -0.2) is 62.8 Å². The van der Waals surface area contributed by atoms with Gasteiger partial charge in [-0.25, -0.2) is 8.42 Å². The number of benzene rings is 2. The van der Waals surface area contributed by atoms with Crippen molar-refractivity contribution in [3.8, 4) is 0 Å². The third-order valence-corrected chi connectivity index (χ3v) is 7.34. The highest BCUT2D eigenvalue weighted by atomic mass is 35.5. The average Bonchev–Trinajstić information content (AvgIpc) is 2.73. The van der Waals surface area contributed by atoms with Crippen LogP contribution < -0.4 is 0 Å². The third-order valence-electron chi connectivity index (χ3n) is 5.43. The number of carbonyl (C=O) groups is 1. The Balaban J connectivity index is 0.00000240. The number of hydrogen-bond acceptors (Lipinski definition) is 5. The van der Waals surface area contributed by atoms with Gasteiger partial charge in [-0.3, -0.25) is 9.69 Å². The number of morpholine rings is 1. The topological polar surface area (TPSA) is 66.9 Å². The minimum absolute atomic E-state index is 0. The van der Waals surface area contributed by atoms with Crippen LogP contribution in [0.15, 0.2) is 59.5 Å². The number of hydrogen-bond donors (Lipinski definition) is 0. The van der Waals surface area contributed by atoms with Crippen molar-refractivity contribution in [2.75, 3.05) is 39.4 Å². The van der Waals surface area contributed by atoms with Gasteiger partial charge in [0, 0.05) is 25.2 Å². The summed E-state index contributed by atoms with van der Waals surface area (Å²) in [7, 11) is -3.75. The summed E-state index contributed by atoms with van der Waals surface area (Å²) in [5.41, 5.74) is 1.20. The zero-order valence-corrected chi connectivity index (χ0v) is 17.7. The molecule has 0 amide bonds. The van der Waals surface area contributed by atoms with Crippen molar-refractivity contribution in [2.24, 2.45) is 0 Å². The van der Waals surface area contributed by atoms with Gasteiger partial charge in [-0.05, 0) is 24.1 Å². The minimum atomic E-state index is -3.75. The molecular weight excluding hydrogens is 412 g/mol. The van der Waals surface area contributed by atoms with E-state index in [-0.39, 0.29) is 35.7 Å². The molecular formula is C21H25ClN2O4S. The molecule has 0 aromatic heterocycles. The van der Waals surface area contributed by atoms with Crippen molar-refractivity contribution in [3.05, 3.63) is 65.7 Å². The van der Waals surface area contributed by atoms with E-state index in [1.54, 1.807) is 18.2 Å². The molecule has 2 aliphatic rings. The molecule has 8 heteroatoms. The van der Waals surface area contributed by atoms with Crippen LogP contribution in [0.4, 0.5) is 0 Å². The molecule has 0 N–H and O–H groups in total. The van der Waals surface area contributed by atoms with E-state index in [9.17, 15) is 13.2 Å². The van der Waals surface area contributed by atoms with E-state index >= 15 is 0 Å². The van der Waals surface area contributed by atoms with Crippen LogP contribution in [0.1, 0.15) is 28.4 Å². The first kappa shape index (κ1) is 21.9. The Morgan fingerprint density at radius 2 is 1.62 bits per heavy atom. The van der Waals surface area contributed by atoms with Crippen LogP contribution in [0.25, 0.3) is 0 Å². The largest absolute Gasteiger partial charge is 0.379 e. The van der Waals surface area contributed by atoms with Crippen molar-refractivity contribution in [1.82, 2.24) is 9.21 Å². The average molecular weight is 437 g/mol. The third kappa shape index (κ3) is 4.54. The molecule has 6 nitrogen and oxygen atoms in total. The van der Waals surface area contributed by atoms with Gasteiger partial charge in [-0.1, -0.05) is 42.5 Å². The van der Waals surface area contributed by atoms with Gasteiger partial charge in [0.1, 0.15) is 0 Å². The van der Waals surface area contributed by atoms with E-state index in [1.807, 2.05) is 30.3 Å². The number of ketones is 1. The highest BCUT2D eigenvalue weighted by Crippen LogP contribution is 2.35. The highest BCUT2D eigenvalue weighted by molar-refractivity contribution is 7.89. The number of halogens is 1. The van der Waals surface area contributed by atoms with Crippen molar-refractivity contribution >= 4 is 28.2 Å². The van der Waals surface area contributed by atoms with Gasteiger partial charge in [0.25, 0.3) is 0 Å². The first-order chi connectivity index (χ1) is 13.6. The molecule has 2 aromatic carbocycles. The van der Waals surface area contributed by atoms with Gasteiger partial charge < -0.3 is 4.74 Å². The number of carbonyl (C=O) groups excluding carboxylic acids is 1. The van der Waals surface area contributed by atoms with Crippen LogP contribution in [0, 0.1) is 0 Å². The minimum Gasteiger partial charge on any atom is -0.379 e. The number of Topliss-reactive ketones (excluding diaryl/α,β-unsaturated/α-hetero) is 1. The molecule has 0 bridgehead atoms. The molecule has 1 unspecified atom stereocenters. The molecule has 29 heavy (non-hydrogen) atoms. The van der Waals surface area contributed by atoms with Gasteiger partial charge in [-0.2, -0.15) is 4.31 Å². The fourth-order valence-corrected chi connectivity index (χ4v) is 5.73. The monoisotopic (exact) mass is 436 g/mol. The van der Waals surface area contributed by atoms with Crippen LogP contribution in [0.5, 0.6) is 0 Å². The van der Waals surface area contributed by atoms with Crippen LogP contribution in [0.2, 0.25) is 0 Å². The zero-order chi connectivity index (χ0) is 19.6. The Labute approximate surface area is 177 Å². The lowest BCUT2D eigenvalue weighted by molar-refractivity contribution is 0.0348. The fourth-order valence-electron chi connectivity index (χ4n) is 3.92. The van der Waals surface area contributed by atoms with E-state index in [0.717, 1.165) is 25.2 Å². The van der Waals surface area contributed by atoms with Gasteiger partial charge in [-0.15, -0.1) is 12.4 Å². The quantitative estimate of drug-likeness (QED) is 0.721. The Bertz CT molecular complexity index is 946. The molecule has 1 saturated heterocycles. The summed E-state index contributed by atoms with van der Waals surface area (Å²) in [6, 6.07) is 15.7. The van der Waals surface area contributed by atoms with E-state index in [1.165, 1.54) is 10.4 Å². The smallest absolute Gasteiger partial charge is 0.244 e. The molecule has 156 valence electrons. The number of sulfonamides is 1. The van der Waals surface area contributed by atoms with Gasteiger partial charge in [0.2, 0.25) is 10.0 Å². The highest BCUT2D eigenvalue weighted by Gasteiger charge is 2.40. The van der Waals surface area contributed by atoms with E-state index < -0.39 is 10.0 Å². The number of rotatable bonds is 5. The molecule has 0 aliphatic carbocycles. The summed E-state index contributed by atoms with van der Waals surface area (Å²) in [6.45, 7) is 3.71. The second-order valence-corrected chi connectivity index (χ2v) is 9.00. The van der Waals surface area contributed by atoms with Gasteiger partial charge in [0.05, 0.1) is 30.7 Å². The maximum atomic E-state index is 13.4. The summed E-state index contributed by atoms with van der Waals surface area (Å²) in [5.74, 6) is -0.155. The summed E-state index contributed by atoms with van der Waals surface area (Å²) >= 11 is 0. The predicted octanol–water partition coefficient (Wildman–Crippen LogP) is 2.76. The number of ether oxygens (including phenoxy) is 1. The zero-order valence-electron chi connectivity index (χ0n) is 16.1. The molecule has 4 rings (SSSR count). The lowest BCUT2D eigenvalue weighted by Crippen LogP contribution is -2.45. The Hall–Kier alpha value is -1.77. The molecule has 1 atom stereocenters. The van der Waals surface area contributed by atoms with Crippen molar-refractivity contribution < 1.29 is 17.9 Å². The lowest BCUT2D eigenvalue weighted by Gasteiger charge is -2.36. The lowest BCUT2D eigenvalue weighted by atomic mass is 10.0. The maximum Gasteiger partial charge on any atom is 0.244 e. The van der Waals surface area contributed by atoms with Crippen LogP contribution in [0.3, 0.4) is 0 Å². The summed E-state index contributed by atoms with van der Waals surface area (Å²) in [5, 5.41) is 0. The van der Waals surface area contributed by atoms with E-state index in [0.29, 0.717) is 25.2 Å². The van der Waals surface area contributed by atoms with Crippen LogP contribution >= 0.6 is 12.4 Å². The Morgan fingerprint density at radius 1 is 0.966 bits per heavy atom. The van der Waals surface area contributed by atoms with Crippen molar-refractivity contribution in [1.29, 1.82) is 0 Å². The van der Waals surface area contributed by atoms with Gasteiger partial charge >= 0.3 is 0 Å². The summed E-state index contributed by atoms with van der Waals surface area (Å²) < 4.78 is 33.5. The second-order valence-electron chi connectivity index (χ2n) is 7.14. The van der Waals surface area contributed by atoms with Crippen molar-refractivity contribution in [2.45, 2.75) is 17.4 Å². The Morgan fingerprint density at radius 3 is 2.34 bits per heavy atom. The molecule has 2 aromatic rings. The summed E-state index contributed by atoms with van der Waals surface area (Å²) in [6.07, 6.45) is 0.624. The number of nitrogens with zero attached hydrogens (tertiary/aromatic N) is 2. The SMILES string of the molecule is Cl.O=C1CN(C(CCN2CCOCC2)c2ccccc2)S(=O)(=O)c2ccccc21. The van der Waals surface area contributed by atoms with Crippen LogP contribution in [-0.2, 0) is 14.8 Å². The molecule has 1 fully saturated rings. The normalized spacial score (nSPS) is 20.5. The Kier molecular flexibility index (Phi) is 7.08. The molecule has 0 radical (unpaired) electrons. The van der Waals surface area contributed by atoms with Gasteiger partial charge in [0.15, 0.2) is 5.78 Å². The maximum absolute atomic E-state index is 13.4. The van der Waals surface area contributed by atoms with E-state index in [2.05, 4.69) is 4.90 Å². The summed E-state index contributed by atoms with van der Waals surface area (Å²) in [4.78, 5) is 15.1. The molecule has 0 saturated carbocycles. The fraction of sp³-hybridized carbons (Fsp3) is 0.381.